The van der Waals surface area contributed by atoms with E-state index in [1.807, 2.05) is 42.5 Å². The molecule has 0 amide bonds. The van der Waals surface area contributed by atoms with E-state index in [9.17, 15) is 4.79 Å². The summed E-state index contributed by atoms with van der Waals surface area (Å²) in [6, 6.07) is 13.3. The SMILES string of the molecule is COc1cccc(/C=C2/C(=O)OCc3ccccc32)c1OC. The van der Waals surface area contributed by atoms with Crippen molar-refractivity contribution in [1.82, 2.24) is 0 Å². The van der Waals surface area contributed by atoms with E-state index < -0.39 is 0 Å². The predicted octanol–water partition coefficient (Wildman–Crippen LogP) is 3.30. The number of para-hydroxylation sites is 1. The van der Waals surface area contributed by atoms with Crippen molar-refractivity contribution >= 4 is 17.6 Å². The van der Waals surface area contributed by atoms with Crippen molar-refractivity contribution in [2.75, 3.05) is 14.2 Å². The Morgan fingerprint density at radius 2 is 1.86 bits per heavy atom. The van der Waals surface area contributed by atoms with Crippen LogP contribution < -0.4 is 9.47 Å². The Kier molecular flexibility index (Phi) is 3.83. The van der Waals surface area contributed by atoms with Crippen molar-refractivity contribution < 1.29 is 19.0 Å². The fourth-order valence-electron chi connectivity index (χ4n) is 2.56. The molecule has 0 fully saturated rings. The van der Waals surface area contributed by atoms with Gasteiger partial charge < -0.3 is 14.2 Å². The Morgan fingerprint density at radius 3 is 2.64 bits per heavy atom. The Bertz CT molecular complexity index is 747. The maximum absolute atomic E-state index is 12.2. The third-order valence-corrected chi connectivity index (χ3v) is 3.62. The van der Waals surface area contributed by atoms with Gasteiger partial charge in [-0.25, -0.2) is 4.79 Å². The van der Waals surface area contributed by atoms with Crippen LogP contribution in [-0.4, -0.2) is 20.2 Å². The number of hydrogen-bond acceptors (Lipinski definition) is 4. The van der Waals surface area contributed by atoms with Gasteiger partial charge in [-0.3, -0.25) is 0 Å². The molecule has 3 rings (SSSR count). The fraction of sp³-hybridized carbons (Fsp3) is 0.167. The summed E-state index contributed by atoms with van der Waals surface area (Å²) in [5, 5.41) is 0. The first-order valence-corrected chi connectivity index (χ1v) is 6.92. The molecule has 0 saturated heterocycles. The second kappa shape index (κ2) is 5.93. The van der Waals surface area contributed by atoms with E-state index in [-0.39, 0.29) is 5.97 Å². The molecule has 1 aliphatic heterocycles. The highest BCUT2D eigenvalue weighted by Crippen LogP contribution is 2.35. The molecule has 0 spiro atoms. The third-order valence-electron chi connectivity index (χ3n) is 3.62. The number of esters is 1. The van der Waals surface area contributed by atoms with Crippen LogP contribution in [0.4, 0.5) is 0 Å². The van der Waals surface area contributed by atoms with Gasteiger partial charge in [0.05, 0.1) is 19.8 Å². The molecule has 0 radical (unpaired) electrons. The molecule has 4 heteroatoms. The molecule has 0 aliphatic carbocycles. The summed E-state index contributed by atoms with van der Waals surface area (Å²) in [6.45, 7) is 0.307. The number of methoxy groups -OCH3 is 2. The topological polar surface area (TPSA) is 44.8 Å². The van der Waals surface area contributed by atoms with Crippen LogP contribution in [0.3, 0.4) is 0 Å². The zero-order valence-corrected chi connectivity index (χ0v) is 12.5. The summed E-state index contributed by atoms with van der Waals surface area (Å²) < 4.78 is 15.9. The van der Waals surface area contributed by atoms with Gasteiger partial charge in [0.15, 0.2) is 11.5 Å². The minimum atomic E-state index is -0.330. The van der Waals surface area contributed by atoms with Crippen LogP contribution in [-0.2, 0) is 16.1 Å². The molecule has 1 aliphatic rings. The lowest BCUT2D eigenvalue weighted by Gasteiger charge is -2.19. The van der Waals surface area contributed by atoms with Crippen LogP contribution in [0.2, 0.25) is 0 Å². The summed E-state index contributed by atoms with van der Waals surface area (Å²) >= 11 is 0. The van der Waals surface area contributed by atoms with Gasteiger partial charge in [-0.2, -0.15) is 0 Å². The van der Waals surface area contributed by atoms with E-state index in [1.165, 1.54) is 0 Å². The molecule has 2 aromatic carbocycles. The Hall–Kier alpha value is -2.75. The van der Waals surface area contributed by atoms with Gasteiger partial charge >= 0.3 is 5.97 Å². The molecule has 0 atom stereocenters. The number of hydrogen-bond donors (Lipinski definition) is 0. The molecule has 0 aromatic heterocycles. The van der Waals surface area contributed by atoms with E-state index in [1.54, 1.807) is 20.3 Å². The Morgan fingerprint density at radius 1 is 1.05 bits per heavy atom. The first-order chi connectivity index (χ1) is 10.7. The summed E-state index contributed by atoms with van der Waals surface area (Å²) in [5.74, 6) is 0.881. The molecule has 22 heavy (non-hydrogen) atoms. The fourth-order valence-corrected chi connectivity index (χ4v) is 2.56. The van der Waals surface area contributed by atoms with Gasteiger partial charge in [0, 0.05) is 5.56 Å². The summed E-state index contributed by atoms with van der Waals surface area (Å²) in [6.07, 6.45) is 1.78. The highest BCUT2D eigenvalue weighted by atomic mass is 16.5. The van der Waals surface area contributed by atoms with Gasteiger partial charge in [0.25, 0.3) is 0 Å². The van der Waals surface area contributed by atoms with Crippen molar-refractivity contribution in [3.8, 4) is 11.5 Å². The normalized spacial score (nSPS) is 15.2. The van der Waals surface area contributed by atoms with E-state index in [0.29, 0.717) is 23.7 Å². The van der Waals surface area contributed by atoms with Gasteiger partial charge in [-0.05, 0) is 23.3 Å². The monoisotopic (exact) mass is 296 g/mol. The van der Waals surface area contributed by atoms with Crippen LogP contribution in [0.25, 0.3) is 11.6 Å². The lowest BCUT2D eigenvalue weighted by molar-refractivity contribution is -0.138. The number of carbonyl (C=O) groups excluding carboxylic acids is 1. The standard InChI is InChI=1S/C18H16O4/c1-20-16-9-5-7-12(17(16)21-2)10-15-14-8-4-3-6-13(14)11-22-18(15)19/h3-10H,11H2,1-2H3/b15-10+. The van der Waals surface area contributed by atoms with Crippen molar-refractivity contribution in [2.24, 2.45) is 0 Å². The van der Waals surface area contributed by atoms with Crippen molar-refractivity contribution in [2.45, 2.75) is 6.61 Å². The first-order valence-electron chi connectivity index (χ1n) is 6.92. The van der Waals surface area contributed by atoms with E-state index >= 15 is 0 Å². The molecule has 112 valence electrons. The second-order valence-corrected chi connectivity index (χ2v) is 4.87. The van der Waals surface area contributed by atoms with Crippen LogP contribution in [0.1, 0.15) is 16.7 Å². The lowest BCUT2D eigenvalue weighted by Crippen LogP contribution is -2.15. The maximum Gasteiger partial charge on any atom is 0.339 e. The van der Waals surface area contributed by atoms with E-state index in [4.69, 9.17) is 14.2 Å². The van der Waals surface area contributed by atoms with Crippen LogP contribution >= 0.6 is 0 Å². The summed E-state index contributed by atoms with van der Waals surface area (Å²) in [5.41, 5.74) is 3.18. The van der Waals surface area contributed by atoms with Gasteiger partial charge in [0.2, 0.25) is 0 Å². The van der Waals surface area contributed by atoms with Crippen LogP contribution in [0.5, 0.6) is 11.5 Å². The maximum atomic E-state index is 12.2. The molecule has 0 saturated carbocycles. The number of fused-ring (bicyclic) bond motifs is 1. The second-order valence-electron chi connectivity index (χ2n) is 4.87. The Labute approximate surface area is 128 Å². The van der Waals surface area contributed by atoms with Crippen LogP contribution in [0.15, 0.2) is 42.5 Å². The highest BCUT2D eigenvalue weighted by molar-refractivity contribution is 6.23. The molecular formula is C18H16O4. The third kappa shape index (κ3) is 2.44. The van der Waals surface area contributed by atoms with Crippen molar-refractivity contribution in [3.05, 3.63) is 59.2 Å². The van der Waals surface area contributed by atoms with Gasteiger partial charge in [-0.1, -0.05) is 36.4 Å². The summed E-state index contributed by atoms with van der Waals surface area (Å²) in [7, 11) is 3.16. The molecule has 0 N–H and O–H groups in total. The predicted molar refractivity (Wildman–Crippen MR) is 83.7 cm³/mol. The lowest BCUT2D eigenvalue weighted by atomic mass is 9.96. The largest absolute Gasteiger partial charge is 0.493 e. The van der Waals surface area contributed by atoms with Crippen LogP contribution in [0, 0.1) is 0 Å². The molecule has 0 bridgehead atoms. The molecular weight excluding hydrogens is 280 g/mol. The van der Waals surface area contributed by atoms with E-state index in [2.05, 4.69) is 0 Å². The number of ether oxygens (including phenoxy) is 3. The molecule has 4 nitrogen and oxygen atoms in total. The van der Waals surface area contributed by atoms with Gasteiger partial charge in [-0.15, -0.1) is 0 Å². The molecule has 0 unspecified atom stereocenters. The zero-order valence-electron chi connectivity index (χ0n) is 12.5. The van der Waals surface area contributed by atoms with Gasteiger partial charge in [0.1, 0.15) is 6.61 Å². The quantitative estimate of drug-likeness (QED) is 0.644. The smallest absolute Gasteiger partial charge is 0.339 e. The zero-order chi connectivity index (χ0) is 15.5. The average Bonchev–Trinajstić information content (AvgIpc) is 2.57. The van der Waals surface area contributed by atoms with Crippen molar-refractivity contribution in [3.63, 3.8) is 0 Å². The number of benzene rings is 2. The number of cyclic esters (lactones) is 1. The Balaban J connectivity index is 2.15. The average molecular weight is 296 g/mol. The minimum Gasteiger partial charge on any atom is -0.493 e. The first kappa shape index (κ1) is 14.2. The number of rotatable bonds is 3. The highest BCUT2D eigenvalue weighted by Gasteiger charge is 2.23. The molecule has 2 aromatic rings. The van der Waals surface area contributed by atoms with E-state index in [0.717, 1.165) is 16.7 Å². The molecule has 1 heterocycles. The minimum absolute atomic E-state index is 0.307. The van der Waals surface area contributed by atoms with Crippen molar-refractivity contribution in [1.29, 1.82) is 0 Å². The summed E-state index contributed by atoms with van der Waals surface area (Å²) in [4.78, 5) is 12.2. The number of carbonyl (C=O) groups is 1.